The molecular formula is C11H13NO2. The predicted molar refractivity (Wildman–Crippen MR) is 52.9 cm³/mol. The highest BCUT2D eigenvalue weighted by atomic mass is 16.3. The molecule has 2 rings (SSSR count). The van der Waals surface area contributed by atoms with Crippen LogP contribution >= 0.6 is 0 Å². The van der Waals surface area contributed by atoms with Crippen molar-refractivity contribution in [3.05, 3.63) is 34.9 Å². The Kier molecular flexibility index (Phi) is 2.61. The van der Waals surface area contributed by atoms with Crippen LogP contribution in [0.15, 0.2) is 18.2 Å². The van der Waals surface area contributed by atoms with Gasteiger partial charge in [-0.1, -0.05) is 18.2 Å². The summed E-state index contributed by atoms with van der Waals surface area (Å²) in [5.74, 6) is 0. The molecule has 14 heavy (non-hydrogen) atoms. The Bertz CT molecular complexity index is 349. The van der Waals surface area contributed by atoms with E-state index in [1.165, 1.54) is 11.1 Å². The third kappa shape index (κ3) is 1.69. The van der Waals surface area contributed by atoms with Crippen LogP contribution in [0.5, 0.6) is 0 Å². The number of hydrogen-bond acceptors (Lipinski definition) is 3. The molecule has 0 amide bonds. The van der Waals surface area contributed by atoms with Gasteiger partial charge in [0.25, 0.3) is 0 Å². The van der Waals surface area contributed by atoms with Crippen molar-refractivity contribution in [2.45, 2.75) is 19.1 Å². The van der Waals surface area contributed by atoms with E-state index in [0.29, 0.717) is 11.8 Å². The van der Waals surface area contributed by atoms with Crippen molar-refractivity contribution in [1.82, 2.24) is 5.32 Å². The molecule has 0 aromatic heterocycles. The third-order valence-corrected chi connectivity index (χ3v) is 2.59. The quantitative estimate of drug-likeness (QED) is 0.672. The first-order chi connectivity index (χ1) is 6.81. The molecule has 2 N–H and O–H groups in total. The lowest BCUT2D eigenvalue weighted by Crippen LogP contribution is -2.23. The second-order valence-electron chi connectivity index (χ2n) is 3.54. The average molecular weight is 191 g/mol. The molecule has 3 heteroatoms. The summed E-state index contributed by atoms with van der Waals surface area (Å²) in [5.41, 5.74) is 3.18. The third-order valence-electron chi connectivity index (χ3n) is 2.59. The molecule has 0 spiro atoms. The van der Waals surface area contributed by atoms with Crippen LogP contribution in [-0.2, 0) is 17.8 Å². The standard InChI is InChI=1S/C11H13NO2/c13-7-11(14)9-2-1-8-3-4-12-6-10(8)5-9/h1-2,5,7,11-12,14H,3-4,6H2. The summed E-state index contributed by atoms with van der Waals surface area (Å²) >= 11 is 0. The fraction of sp³-hybridized carbons (Fsp3) is 0.364. The van der Waals surface area contributed by atoms with E-state index in [-0.39, 0.29) is 0 Å². The second-order valence-corrected chi connectivity index (χ2v) is 3.54. The molecule has 1 atom stereocenters. The van der Waals surface area contributed by atoms with Crippen LogP contribution in [0.1, 0.15) is 22.8 Å². The van der Waals surface area contributed by atoms with Crippen LogP contribution in [0.2, 0.25) is 0 Å². The minimum atomic E-state index is -0.984. The zero-order valence-corrected chi connectivity index (χ0v) is 7.86. The van der Waals surface area contributed by atoms with Crippen LogP contribution < -0.4 is 5.32 Å². The number of fused-ring (bicyclic) bond motifs is 1. The van der Waals surface area contributed by atoms with Crippen LogP contribution in [0.25, 0.3) is 0 Å². The molecule has 0 saturated carbocycles. The van der Waals surface area contributed by atoms with Crippen molar-refractivity contribution >= 4 is 6.29 Å². The lowest BCUT2D eigenvalue weighted by molar-refractivity contribution is -0.115. The SMILES string of the molecule is O=CC(O)c1ccc2c(c1)CNCC2. The lowest BCUT2D eigenvalue weighted by atomic mass is 9.97. The van der Waals surface area contributed by atoms with Crippen LogP contribution in [0.4, 0.5) is 0 Å². The molecule has 1 aliphatic rings. The van der Waals surface area contributed by atoms with E-state index in [9.17, 15) is 9.90 Å². The largest absolute Gasteiger partial charge is 0.381 e. The van der Waals surface area contributed by atoms with E-state index in [2.05, 4.69) is 5.32 Å². The molecule has 1 aliphatic heterocycles. The maximum absolute atomic E-state index is 10.4. The minimum Gasteiger partial charge on any atom is -0.381 e. The number of aliphatic hydroxyl groups excluding tert-OH is 1. The van der Waals surface area contributed by atoms with Crippen LogP contribution in [0.3, 0.4) is 0 Å². The lowest BCUT2D eigenvalue weighted by Gasteiger charge is -2.18. The Morgan fingerprint density at radius 2 is 2.29 bits per heavy atom. The van der Waals surface area contributed by atoms with E-state index in [1.54, 1.807) is 0 Å². The molecule has 3 nitrogen and oxygen atoms in total. The van der Waals surface area contributed by atoms with E-state index >= 15 is 0 Å². The van der Waals surface area contributed by atoms with Crippen molar-refractivity contribution in [1.29, 1.82) is 0 Å². The van der Waals surface area contributed by atoms with E-state index in [0.717, 1.165) is 19.5 Å². The fourth-order valence-electron chi connectivity index (χ4n) is 1.76. The summed E-state index contributed by atoms with van der Waals surface area (Å²) < 4.78 is 0. The monoisotopic (exact) mass is 191 g/mol. The highest BCUT2D eigenvalue weighted by molar-refractivity contribution is 5.60. The number of aliphatic hydroxyl groups is 1. The van der Waals surface area contributed by atoms with Crippen LogP contribution in [-0.4, -0.2) is 17.9 Å². The molecule has 0 aliphatic carbocycles. The highest BCUT2D eigenvalue weighted by Crippen LogP contribution is 2.19. The number of hydrogen-bond donors (Lipinski definition) is 2. The molecule has 0 radical (unpaired) electrons. The van der Waals surface area contributed by atoms with Gasteiger partial charge in [0.05, 0.1) is 0 Å². The average Bonchev–Trinajstić information content (AvgIpc) is 2.27. The second kappa shape index (κ2) is 3.90. The first-order valence-electron chi connectivity index (χ1n) is 4.77. The molecule has 0 bridgehead atoms. The van der Waals surface area contributed by atoms with Gasteiger partial charge in [-0.2, -0.15) is 0 Å². The van der Waals surface area contributed by atoms with Crippen molar-refractivity contribution in [2.75, 3.05) is 6.54 Å². The molecular weight excluding hydrogens is 178 g/mol. The Morgan fingerprint density at radius 3 is 3.07 bits per heavy atom. The maximum Gasteiger partial charge on any atom is 0.153 e. The first-order valence-corrected chi connectivity index (χ1v) is 4.77. The number of aldehydes is 1. The van der Waals surface area contributed by atoms with Gasteiger partial charge in [-0.25, -0.2) is 0 Å². The number of carbonyl (C=O) groups excluding carboxylic acids is 1. The zero-order chi connectivity index (χ0) is 9.97. The molecule has 74 valence electrons. The van der Waals surface area contributed by atoms with Gasteiger partial charge in [0.2, 0.25) is 0 Å². The van der Waals surface area contributed by atoms with Gasteiger partial charge >= 0.3 is 0 Å². The van der Waals surface area contributed by atoms with Crippen molar-refractivity contribution in [3.8, 4) is 0 Å². The number of rotatable bonds is 2. The first kappa shape index (κ1) is 9.37. The normalized spacial score (nSPS) is 17.2. The summed E-state index contributed by atoms with van der Waals surface area (Å²) in [6.45, 7) is 1.83. The highest BCUT2D eigenvalue weighted by Gasteiger charge is 2.11. The number of benzene rings is 1. The number of carbonyl (C=O) groups is 1. The summed E-state index contributed by atoms with van der Waals surface area (Å²) in [6.07, 6.45) is 0.590. The summed E-state index contributed by atoms with van der Waals surface area (Å²) in [7, 11) is 0. The van der Waals surface area contributed by atoms with Gasteiger partial charge in [0, 0.05) is 6.54 Å². The van der Waals surface area contributed by atoms with Gasteiger partial charge < -0.3 is 15.2 Å². The topological polar surface area (TPSA) is 49.3 Å². The molecule has 0 saturated heterocycles. The molecule has 1 aromatic rings. The van der Waals surface area contributed by atoms with E-state index in [4.69, 9.17) is 0 Å². The Morgan fingerprint density at radius 1 is 1.43 bits per heavy atom. The van der Waals surface area contributed by atoms with Crippen molar-refractivity contribution < 1.29 is 9.90 Å². The summed E-state index contributed by atoms with van der Waals surface area (Å²) in [4.78, 5) is 10.4. The van der Waals surface area contributed by atoms with Gasteiger partial charge in [-0.15, -0.1) is 0 Å². The molecule has 1 heterocycles. The molecule has 1 unspecified atom stereocenters. The summed E-state index contributed by atoms with van der Waals surface area (Å²) in [6, 6.07) is 5.72. The molecule has 1 aromatic carbocycles. The smallest absolute Gasteiger partial charge is 0.153 e. The van der Waals surface area contributed by atoms with Gasteiger partial charge in [-0.3, -0.25) is 0 Å². The Balaban J connectivity index is 2.33. The van der Waals surface area contributed by atoms with Gasteiger partial charge in [0.15, 0.2) is 6.29 Å². The summed E-state index contributed by atoms with van der Waals surface area (Å²) in [5, 5.41) is 12.6. The fourth-order valence-corrected chi connectivity index (χ4v) is 1.76. The number of nitrogens with one attached hydrogen (secondary N) is 1. The predicted octanol–water partition coefficient (Wildman–Crippen LogP) is 0.565. The minimum absolute atomic E-state index is 0.554. The van der Waals surface area contributed by atoms with Gasteiger partial charge in [-0.05, 0) is 29.7 Å². The zero-order valence-electron chi connectivity index (χ0n) is 7.86. The maximum atomic E-state index is 10.4. The van der Waals surface area contributed by atoms with Crippen molar-refractivity contribution in [2.24, 2.45) is 0 Å². The van der Waals surface area contributed by atoms with E-state index in [1.807, 2.05) is 18.2 Å². The Hall–Kier alpha value is -1.19. The molecule has 0 fully saturated rings. The van der Waals surface area contributed by atoms with Gasteiger partial charge in [0.1, 0.15) is 6.10 Å². The van der Waals surface area contributed by atoms with Crippen LogP contribution in [0, 0.1) is 0 Å². The van der Waals surface area contributed by atoms with E-state index < -0.39 is 6.10 Å². The van der Waals surface area contributed by atoms with Crippen molar-refractivity contribution in [3.63, 3.8) is 0 Å². The Labute approximate surface area is 82.8 Å².